The molecule has 78 heavy (non-hydrogen) atoms. The van der Waals surface area contributed by atoms with Crippen molar-refractivity contribution in [2.24, 2.45) is 0 Å². The minimum atomic E-state index is -4.33. The lowest BCUT2D eigenvalue weighted by Gasteiger charge is -2.38. The second kappa shape index (κ2) is 26.3. The van der Waals surface area contributed by atoms with Crippen LogP contribution in [0.4, 0.5) is 10.7 Å². The second-order valence-electron chi connectivity index (χ2n) is 18.4. The van der Waals surface area contributed by atoms with Crippen molar-refractivity contribution in [1.29, 1.82) is 0 Å². The molecule has 0 aliphatic heterocycles. The van der Waals surface area contributed by atoms with Crippen molar-refractivity contribution in [1.82, 2.24) is 40.0 Å². The Morgan fingerprint density at radius 2 is 1.33 bits per heavy atom. The van der Waals surface area contributed by atoms with Crippen molar-refractivity contribution >= 4 is 50.8 Å². The van der Waals surface area contributed by atoms with Crippen molar-refractivity contribution in [3.05, 3.63) is 209 Å². The highest BCUT2D eigenvalue weighted by atomic mass is 32.2. The molecule has 0 fully saturated rings. The molecule has 0 radical (unpaired) electrons. The highest BCUT2D eigenvalue weighted by Crippen LogP contribution is 2.42. The largest absolute Gasteiger partial charge is 0.494 e. The van der Waals surface area contributed by atoms with E-state index in [1.165, 1.54) is 0 Å². The Morgan fingerprint density at radius 1 is 0.718 bits per heavy atom. The summed E-state index contributed by atoms with van der Waals surface area (Å²) in [4.78, 5) is 55.5. The van der Waals surface area contributed by atoms with E-state index in [1.807, 2.05) is 65.6 Å². The van der Waals surface area contributed by atoms with Crippen molar-refractivity contribution < 1.29 is 41.8 Å². The number of nitrogens with one attached hydrogen (secondary N) is 5. The molecule has 5 N–H and O–H groups in total. The van der Waals surface area contributed by atoms with E-state index in [0.29, 0.717) is 48.8 Å². The lowest BCUT2D eigenvalue weighted by Crippen LogP contribution is -2.49. The zero-order chi connectivity index (χ0) is 54.9. The maximum absolute atomic E-state index is 13.9. The molecule has 6 aromatic carbocycles. The minimum Gasteiger partial charge on any atom is -0.494 e. The van der Waals surface area contributed by atoms with Gasteiger partial charge in [0.25, 0.3) is 5.91 Å². The van der Waals surface area contributed by atoms with Crippen LogP contribution in [0.15, 0.2) is 175 Å². The molecular weight excluding hydrogens is 1010 g/mol. The minimum absolute atomic E-state index is 0.0623. The fraction of sp³-hybridized carbons (Fsp3) is 0.254. The van der Waals surface area contributed by atoms with Gasteiger partial charge in [0.05, 0.1) is 30.3 Å². The van der Waals surface area contributed by atoms with Crippen LogP contribution in [0.5, 0.6) is 5.75 Å². The monoisotopic (exact) mass is 1070 g/mol. The number of alkyl carbamates (subject to hydrolysis) is 1. The van der Waals surface area contributed by atoms with Crippen LogP contribution in [-0.2, 0) is 47.8 Å². The van der Waals surface area contributed by atoms with Gasteiger partial charge in [0, 0.05) is 62.5 Å². The third kappa shape index (κ3) is 13.6. The predicted octanol–water partition coefficient (Wildman–Crippen LogP) is 7.64. The van der Waals surface area contributed by atoms with Crippen LogP contribution in [-0.4, -0.2) is 97.6 Å². The molecule has 3 amide bonds. The standard InChI is InChI=1S/C59H63N9O9S/c1-42-36-50(76-35-16-26-53(69)60-30-31-63-58(72)77-41-44-18-8-4-9-19-44)37-43(2)54(42)78(73,74)66-51(56(71)75-3)40-64-55(70)45-27-28-52-46(38-45)39-65-68(52)33-17-29-61-57-62-32-34-67(57)59(47-20-10-5-11-21-47,48-22-12-6-13-23-48)49-24-14-7-15-25-49/h4-15,18-25,27-28,32,34,36-39,51,66H,16-17,26,29-31,33,35,40-41H2,1-3H3,(H,60,69)(H,61,62)(H,63,72)(H,64,70). The van der Waals surface area contributed by atoms with Gasteiger partial charge in [-0.15, -0.1) is 0 Å². The van der Waals surface area contributed by atoms with Gasteiger partial charge in [0.1, 0.15) is 23.9 Å². The number of amides is 3. The summed E-state index contributed by atoms with van der Waals surface area (Å²) >= 11 is 0. The maximum atomic E-state index is 13.9. The highest BCUT2D eigenvalue weighted by Gasteiger charge is 2.40. The summed E-state index contributed by atoms with van der Waals surface area (Å²) in [6.07, 6.45) is 6.15. The number of hydrogen-bond acceptors (Lipinski definition) is 12. The Hall–Kier alpha value is -8.81. The average Bonchev–Trinajstić information content (AvgIpc) is 4.20. The Labute approximate surface area is 453 Å². The van der Waals surface area contributed by atoms with Crippen LogP contribution in [0.2, 0.25) is 0 Å². The van der Waals surface area contributed by atoms with Crippen molar-refractivity contribution in [2.75, 3.05) is 45.2 Å². The predicted molar refractivity (Wildman–Crippen MR) is 296 cm³/mol. The Morgan fingerprint density at radius 3 is 1.96 bits per heavy atom. The number of aryl methyl sites for hydroxylation is 3. The maximum Gasteiger partial charge on any atom is 0.407 e. The van der Waals surface area contributed by atoms with E-state index in [0.717, 1.165) is 40.3 Å². The molecule has 2 heterocycles. The van der Waals surface area contributed by atoms with Crippen LogP contribution in [0.3, 0.4) is 0 Å². The molecule has 0 saturated carbocycles. The fourth-order valence-corrected chi connectivity index (χ4v) is 11.1. The number of nitrogens with zero attached hydrogens (tertiary/aromatic N) is 4. The first kappa shape index (κ1) is 55.4. The van der Waals surface area contributed by atoms with E-state index in [4.69, 9.17) is 19.2 Å². The lowest BCUT2D eigenvalue weighted by atomic mass is 9.76. The van der Waals surface area contributed by atoms with E-state index in [2.05, 4.69) is 108 Å². The molecule has 1 unspecified atom stereocenters. The number of imidazole rings is 1. The molecule has 1 atom stereocenters. The third-order valence-electron chi connectivity index (χ3n) is 13.0. The number of anilines is 1. The Bertz CT molecular complexity index is 3290. The first-order valence-corrected chi connectivity index (χ1v) is 27.1. The van der Waals surface area contributed by atoms with Gasteiger partial charge in [-0.05, 0) is 90.4 Å². The van der Waals surface area contributed by atoms with Gasteiger partial charge in [-0.1, -0.05) is 121 Å². The molecule has 404 valence electrons. The van der Waals surface area contributed by atoms with Gasteiger partial charge in [0.2, 0.25) is 21.9 Å². The molecule has 2 aromatic heterocycles. The molecule has 8 aromatic rings. The van der Waals surface area contributed by atoms with Gasteiger partial charge in [-0.3, -0.25) is 23.6 Å². The molecule has 0 spiro atoms. The number of aromatic nitrogens is 4. The molecule has 0 aliphatic rings. The first-order chi connectivity index (χ1) is 37.9. The number of rotatable bonds is 26. The first-order valence-electron chi connectivity index (χ1n) is 25.6. The van der Waals surface area contributed by atoms with Gasteiger partial charge in [-0.25, -0.2) is 18.2 Å². The van der Waals surface area contributed by atoms with E-state index in [9.17, 15) is 27.6 Å². The third-order valence-corrected chi connectivity index (χ3v) is 14.8. The van der Waals surface area contributed by atoms with Crippen LogP contribution < -0.4 is 30.7 Å². The summed E-state index contributed by atoms with van der Waals surface area (Å²) in [5.41, 5.74) is 5.20. The number of carbonyl (C=O) groups excluding carboxylic acids is 4. The van der Waals surface area contributed by atoms with E-state index in [-0.39, 0.29) is 49.1 Å². The van der Waals surface area contributed by atoms with Gasteiger partial charge in [-0.2, -0.15) is 9.82 Å². The van der Waals surface area contributed by atoms with Crippen LogP contribution in [0.1, 0.15) is 63.0 Å². The highest BCUT2D eigenvalue weighted by molar-refractivity contribution is 7.89. The quantitative estimate of drug-likeness (QED) is 0.0200. The Balaban J connectivity index is 0.815. The molecule has 0 bridgehead atoms. The molecule has 0 aliphatic carbocycles. The van der Waals surface area contributed by atoms with E-state index in [1.54, 1.807) is 50.4 Å². The number of carbonyl (C=O) groups is 4. The number of sulfonamides is 1. The molecule has 19 heteroatoms. The summed E-state index contributed by atoms with van der Waals surface area (Å²) in [5, 5.41) is 16.9. The second-order valence-corrected chi connectivity index (χ2v) is 20.1. The number of hydrogen-bond donors (Lipinski definition) is 5. The summed E-state index contributed by atoms with van der Waals surface area (Å²) < 4.78 is 50.1. The number of benzene rings is 6. The van der Waals surface area contributed by atoms with Gasteiger partial charge >= 0.3 is 12.1 Å². The number of fused-ring (bicyclic) bond motifs is 1. The summed E-state index contributed by atoms with van der Waals surface area (Å²) in [6, 6.07) is 47.3. The fourth-order valence-electron chi connectivity index (χ4n) is 9.42. The molecular formula is C59H63N9O9S. The SMILES string of the molecule is COC(=O)C(CNC(=O)c1ccc2c(cnn2CCCNc2nccn2C(c2ccccc2)(c2ccccc2)c2ccccc2)c1)NS(=O)(=O)c1c(C)cc(OCCCC(=O)NCCNC(=O)OCc2ccccc2)cc1C. The molecule has 18 nitrogen and oxygen atoms in total. The van der Waals surface area contributed by atoms with Crippen LogP contribution in [0, 0.1) is 13.8 Å². The summed E-state index contributed by atoms with van der Waals surface area (Å²) in [6.45, 7) is 4.68. The number of esters is 1. The van der Waals surface area contributed by atoms with Crippen LogP contribution in [0.25, 0.3) is 10.9 Å². The van der Waals surface area contributed by atoms with Crippen LogP contribution >= 0.6 is 0 Å². The zero-order valence-corrected chi connectivity index (χ0v) is 44.5. The van der Waals surface area contributed by atoms with E-state index >= 15 is 0 Å². The van der Waals surface area contributed by atoms with E-state index < -0.39 is 46.1 Å². The molecule has 8 rings (SSSR count). The zero-order valence-electron chi connectivity index (χ0n) is 43.7. The van der Waals surface area contributed by atoms with Gasteiger partial charge < -0.3 is 35.5 Å². The number of methoxy groups -OCH3 is 1. The normalized spacial score (nSPS) is 11.8. The van der Waals surface area contributed by atoms with Crippen molar-refractivity contribution in [2.45, 2.75) is 62.7 Å². The summed E-state index contributed by atoms with van der Waals surface area (Å²) in [7, 11) is -3.20. The lowest BCUT2D eigenvalue weighted by molar-refractivity contribution is -0.142. The number of ether oxygens (including phenoxy) is 3. The molecule has 0 saturated heterocycles. The summed E-state index contributed by atoms with van der Waals surface area (Å²) in [5.74, 6) is -0.552. The van der Waals surface area contributed by atoms with Gasteiger partial charge in [0.15, 0.2) is 0 Å². The Kier molecular flexibility index (Phi) is 18.7. The average molecular weight is 1070 g/mol. The van der Waals surface area contributed by atoms with Crippen molar-refractivity contribution in [3.63, 3.8) is 0 Å². The topological polar surface area (TPSA) is 226 Å². The van der Waals surface area contributed by atoms with Crippen molar-refractivity contribution in [3.8, 4) is 5.75 Å². The smallest absolute Gasteiger partial charge is 0.407 e.